The van der Waals surface area contributed by atoms with Crippen molar-refractivity contribution in [3.8, 4) is 5.75 Å². The quantitative estimate of drug-likeness (QED) is 0.389. The summed E-state index contributed by atoms with van der Waals surface area (Å²) in [5, 5.41) is 12.0. The zero-order valence-electron chi connectivity index (χ0n) is 19.1. The topological polar surface area (TPSA) is 120 Å². The number of carboxylic acid groups (broad SMARTS) is 1. The van der Waals surface area contributed by atoms with E-state index in [0.717, 1.165) is 21.5 Å². The number of amides is 1. The lowest BCUT2D eigenvalue weighted by Crippen LogP contribution is -2.38. The number of nitrogens with one attached hydrogen (secondary N) is 1. The van der Waals surface area contributed by atoms with Crippen LogP contribution < -0.4 is 21.3 Å². The number of carboxylic acids is 1. The minimum Gasteiger partial charge on any atom is -0.497 e. The lowest BCUT2D eigenvalue weighted by atomic mass is 10.1. The number of ether oxygens (including phenoxy) is 1. The Hall–Kier alpha value is -4.18. The highest BCUT2D eigenvalue weighted by Crippen LogP contribution is 2.22. The van der Waals surface area contributed by atoms with Crippen LogP contribution in [0.15, 0.2) is 64.2 Å². The van der Waals surface area contributed by atoms with E-state index in [4.69, 9.17) is 9.84 Å². The Kier molecular flexibility index (Phi) is 6.83. The van der Waals surface area contributed by atoms with E-state index in [2.05, 4.69) is 5.32 Å². The molecule has 0 aliphatic rings. The molecule has 0 fully saturated rings. The second-order valence-electron chi connectivity index (χ2n) is 7.98. The first-order chi connectivity index (χ1) is 16.8. The van der Waals surface area contributed by atoms with E-state index in [9.17, 15) is 19.2 Å². The van der Waals surface area contributed by atoms with Gasteiger partial charge in [-0.05, 0) is 34.9 Å². The number of rotatable bonds is 8. The van der Waals surface area contributed by atoms with Crippen molar-refractivity contribution < 1.29 is 19.4 Å². The maximum absolute atomic E-state index is 13.1. The van der Waals surface area contributed by atoms with Crippen molar-refractivity contribution in [2.45, 2.75) is 19.5 Å². The number of fused-ring (bicyclic) bond motifs is 1. The van der Waals surface area contributed by atoms with Crippen molar-refractivity contribution >= 4 is 33.4 Å². The summed E-state index contributed by atoms with van der Waals surface area (Å²) in [4.78, 5) is 50.4. The monoisotopic (exact) mass is 493 g/mol. The summed E-state index contributed by atoms with van der Waals surface area (Å²) in [6.07, 6.45) is -0.106. The largest absolute Gasteiger partial charge is 0.497 e. The van der Waals surface area contributed by atoms with Crippen LogP contribution in [0, 0.1) is 0 Å². The fourth-order valence-corrected chi connectivity index (χ4v) is 4.73. The molecular weight excluding hydrogens is 470 g/mol. The van der Waals surface area contributed by atoms with Crippen LogP contribution >= 0.6 is 11.3 Å². The van der Waals surface area contributed by atoms with Crippen molar-refractivity contribution in [2.75, 3.05) is 7.11 Å². The Labute approximate surface area is 203 Å². The Morgan fingerprint density at radius 2 is 1.74 bits per heavy atom. The molecule has 10 heteroatoms. The van der Waals surface area contributed by atoms with Gasteiger partial charge in [0.25, 0.3) is 11.5 Å². The summed E-state index contributed by atoms with van der Waals surface area (Å²) >= 11 is 1.08. The van der Waals surface area contributed by atoms with Gasteiger partial charge in [0.05, 0.1) is 30.3 Å². The number of hydrogen-bond donors (Lipinski definition) is 2. The van der Waals surface area contributed by atoms with Gasteiger partial charge in [0.15, 0.2) is 0 Å². The molecule has 180 valence electrons. The van der Waals surface area contributed by atoms with E-state index in [0.29, 0.717) is 26.6 Å². The Morgan fingerprint density at radius 1 is 1.03 bits per heavy atom. The number of hydrogen-bond acceptors (Lipinski definition) is 6. The fraction of sp³-hybridized carbons (Fsp3) is 0.200. The lowest BCUT2D eigenvalue weighted by Gasteiger charge is -2.09. The molecular formula is C25H23N3O6S. The molecule has 2 heterocycles. The molecule has 0 saturated heterocycles. The van der Waals surface area contributed by atoms with Crippen molar-refractivity contribution in [3.63, 3.8) is 0 Å². The number of benzene rings is 2. The van der Waals surface area contributed by atoms with Gasteiger partial charge in [0.2, 0.25) is 0 Å². The number of aromatic nitrogens is 2. The van der Waals surface area contributed by atoms with Gasteiger partial charge in [-0.15, -0.1) is 11.3 Å². The van der Waals surface area contributed by atoms with Crippen molar-refractivity contribution in [3.05, 3.63) is 97.0 Å². The smallest absolute Gasteiger partial charge is 0.332 e. The number of thiophene rings is 1. The zero-order chi connectivity index (χ0) is 25.1. The van der Waals surface area contributed by atoms with Gasteiger partial charge in [-0.3, -0.25) is 23.5 Å². The van der Waals surface area contributed by atoms with Crippen molar-refractivity contribution in [2.24, 2.45) is 7.05 Å². The number of nitrogens with zero attached hydrogens (tertiary/aromatic N) is 2. The third-order valence-corrected chi connectivity index (χ3v) is 6.75. The first-order valence-corrected chi connectivity index (χ1v) is 11.5. The molecule has 0 saturated carbocycles. The van der Waals surface area contributed by atoms with E-state index in [1.54, 1.807) is 38.4 Å². The number of carbonyl (C=O) groups excluding carboxylic acids is 1. The van der Waals surface area contributed by atoms with Crippen LogP contribution in [-0.2, 0) is 31.4 Å². The van der Waals surface area contributed by atoms with Crippen LogP contribution in [0.4, 0.5) is 0 Å². The number of aryl methyl sites for hydroxylation is 1. The van der Waals surface area contributed by atoms with Crippen LogP contribution in [0.25, 0.3) is 10.2 Å². The molecule has 0 aliphatic heterocycles. The Morgan fingerprint density at radius 3 is 2.43 bits per heavy atom. The molecule has 0 aliphatic carbocycles. The van der Waals surface area contributed by atoms with E-state index < -0.39 is 17.2 Å². The minimum absolute atomic E-state index is 0.0298. The Bertz CT molecular complexity index is 1530. The predicted molar refractivity (Wildman–Crippen MR) is 132 cm³/mol. The first-order valence-electron chi connectivity index (χ1n) is 10.7. The molecule has 2 aromatic carbocycles. The highest BCUT2D eigenvalue weighted by Gasteiger charge is 2.18. The fourth-order valence-electron chi connectivity index (χ4n) is 3.71. The summed E-state index contributed by atoms with van der Waals surface area (Å²) in [5.74, 6) is -0.596. The second kappa shape index (κ2) is 9.98. The van der Waals surface area contributed by atoms with Gasteiger partial charge in [-0.2, -0.15) is 0 Å². The van der Waals surface area contributed by atoms with Crippen molar-refractivity contribution in [1.29, 1.82) is 0 Å². The highest BCUT2D eigenvalue weighted by atomic mass is 32.1. The SMILES string of the molecule is COc1cccc(CNC(=O)c2cc3c(=O)n(Cc4ccc(CC(=O)O)cc4)c(=O)n(C)c3s2)c1. The molecule has 0 unspecified atom stereocenters. The van der Waals surface area contributed by atoms with Gasteiger partial charge in [0.1, 0.15) is 10.6 Å². The summed E-state index contributed by atoms with van der Waals surface area (Å²) in [6, 6.07) is 15.5. The molecule has 4 aromatic rings. The number of aliphatic carboxylic acids is 1. The van der Waals surface area contributed by atoms with Crippen molar-refractivity contribution in [1.82, 2.24) is 14.5 Å². The average molecular weight is 494 g/mol. The lowest BCUT2D eigenvalue weighted by molar-refractivity contribution is -0.136. The van der Waals surface area contributed by atoms with Crippen LogP contribution in [0.1, 0.15) is 26.4 Å². The van der Waals surface area contributed by atoms with E-state index in [1.807, 2.05) is 24.3 Å². The maximum Gasteiger partial charge on any atom is 0.332 e. The molecule has 0 atom stereocenters. The van der Waals surface area contributed by atoms with Gasteiger partial charge >= 0.3 is 11.7 Å². The third kappa shape index (κ3) is 5.17. The van der Waals surface area contributed by atoms with E-state index in [-0.39, 0.29) is 30.8 Å². The molecule has 4 rings (SSSR count). The molecule has 0 bridgehead atoms. The molecule has 2 N–H and O–H groups in total. The van der Waals surface area contributed by atoms with Crippen LogP contribution in [-0.4, -0.2) is 33.2 Å². The highest BCUT2D eigenvalue weighted by molar-refractivity contribution is 7.20. The molecule has 9 nitrogen and oxygen atoms in total. The molecule has 1 amide bonds. The van der Waals surface area contributed by atoms with Crippen LogP contribution in [0.5, 0.6) is 5.75 Å². The van der Waals surface area contributed by atoms with E-state index >= 15 is 0 Å². The molecule has 0 spiro atoms. The van der Waals surface area contributed by atoms with E-state index in [1.165, 1.54) is 10.6 Å². The van der Waals surface area contributed by atoms with Crippen LogP contribution in [0.3, 0.4) is 0 Å². The first kappa shape index (κ1) is 24.0. The van der Waals surface area contributed by atoms with Crippen LogP contribution in [0.2, 0.25) is 0 Å². The summed E-state index contributed by atoms with van der Waals surface area (Å²) in [6.45, 7) is 0.313. The number of methoxy groups -OCH3 is 1. The van der Waals surface area contributed by atoms with Gasteiger partial charge in [0, 0.05) is 13.6 Å². The predicted octanol–water partition coefficient (Wildman–Crippen LogP) is 2.38. The van der Waals surface area contributed by atoms with Gasteiger partial charge < -0.3 is 15.2 Å². The maximum atomic E-state index is 13.1. The summed E-state index contributed by atoms with van der Waals surface area (Å²) < 4.78 is 7.67. The molecule has 2 aromatic heterocycles. The normalized spacial score (nSPS) is 10.9. The van der Waals surface area contributed by atoms with Gasteiger partial charge in [-0.25, -0.2) is 4.79 Å². The summed E-state index contributed by atoms with van der Waals surface area (Å²) in [7, 11) is 3.13. The average Bonchev–Trinajstić information content (AvgIpc) is 3.31. The minimum atomic E-state index is -0.936. The second-order valence-corrected chi connectivity index (χ2v) is 9.01. The molecule has 0 radical (unpaired) electrons. The zero-order valence-corrected chi connectivity index (χ0v) is 19.9. The molecule has 35 heavy (non-hydrogen) atoms. The van der Waals surface area contributed by atoms with Gasteiger partial charge in [-0.1, -0.05) is 36.4 Å². The summed E-state index contributed by atoms with van der Waals surface area (Å²) in [5.41, 5.74) is 1.19. The third-order valence-electron chi connectivity index (χ3n) is 5.54. The Balaban J connectivity index is 1.59. The number of carbonyl (C=O) groups is 2. The standard InChI is InChI=1S/C25H23N3O6S/c1-27-24-19(12-20(35-24)22(31)26-13-17-4-3-5-18(10-17)34-2)23(32)28(25(27)33)14-16-8-6-15(7-9-16)11-21(29)30/h3-10,12H,11,13-14H2,1-2H3,(H,26,31)(H,29,30).